The fraction of sp³-hybridized carbons (Fsp3) is 0.500. The number of likely N-dealkylation sites (tertiary alicyclic amines) is 1. The first-order valence-corrected chi connectivity index (χ1v) is 8.89. The predicted molar refractivity (Wildman–Crippen MR) is 95.6 cm³/mol. The van der Waals surface area contributed by atoms with Crippen molar-refractivity contribution in [2.75, 3.05) is 7.11 Å². The molecule has 1 aromatic rings. The van der Waals surface area contributed by atoms with Crippen molar-refractivity contribution in [3.05, 3.63) is 34.6 Å². The van der Waals surface area contributed by atoms with Crippen LogP contribution in [0.25, 0.3) is 0 Å². The Bertz CT molecular complexity index is 730. The van der Waals surface area contributed by atoms with Gasteiger partial charge in [-0.2, -0.15) is 0 Å². The van der Waals surface area contributed by atoms with E-state index < -0.39 is 35.9 Å². The maximum absolute atomic E-state index is 13.5. The summed E-state index contributed by atoms with van der Waals surface area (Å²) >= 11 is 6.07. The second-order valence-electron chi connectivity index (χ2n) is 6.48. The van der Waals surface area contributed by atoms with Gasteiger partial charge in [0.1, 0.15) is 5.82 Å². The number of carbonyl (C=O) groups is 3. The second-order valence-corrected chi connectivity index (χ2v) is 6.89. The van der Waals surface area contributed by atoms with Gasteiger partial charge in [0.2, 0.25) is 11.8 Å². The van der Waals surface area contributed by atoms with Crippen molar-refractivity contribution in [2.45, 2.75) is 50.9 Å². The molecule has 0 unspecified atom stereocenters. The van der Waals surface area contributed by atoms with Crippen LogP contribution in [0.1, 0.15) is 31.7 Å². The second kappa shape index (κ2) is 9.14. The summed E-state index contributed by atoms with van der Waals surface area (Å²) in [6.07, 6.45) is -0.0453. The van der Waals surface area contributed by atoms with Crippen LogP contribution >= 0.6 is 11.6 Å². The highest BCUT2D eigenvalue weighted by atomic mass is 35.5. The molecule has 0 aliphatic carbocycles. The van der Waals surface area contributed by atoms with Gasteiger partial charge in [0.25, 0.3) is 0 Å². The minimum atomic E-state index is -1.21. The standard InChI is InChI=1S/C18H22ClFN2O5/c1-10(27-2)17(18(25)26)21-15(23)8-13-4-6-16(24)22(13)9-11-7-12(20)3-5-14(11)19/h3,5,7,10,13,17H,4,6,8-9H2,1-2H3,(H,21,23)(H,25,26)/t10-,13+,17+/m1/s1. The van der Waals surface area contributed by atoms with Gasteiger partial charge in [0.15, 0.2) is 6.04 Å². The minimum Gasteiger partial charge on any atom is -0.480 e. The van der Waals surface area contributed by atoms with Crippen molar-refractivity contribution in [2.24, 2.45) is 0 Å². The molecule has 2 amide bonds. The SMILES string of the molecule is CO[C@H](C)[C@H](NC(=O)C[C@@H]1CCC(=O)N1Cc1cc(F)ccc1Cl)C(=O)O. The van der Waals surface area contributed by atoms with Gasteiger partial charge in [-0.3, -0.25) is 9.59 Å². The normalized spacial score (nSPS) is 19.0. The summed E-state index contributed by atoms with van der Waals surface area (Å²) in [5.74, 6) is -2.33. The Morgan fingerprint density at radius 2 is 2.19 bits per heavy atom. The average Bonchev–Trinajstić information content (AvgIpc) is 2.95. The monoisotopic (exact) mass is 400 g/mol. The molecule has 0 bridgehead atoms. The third-order valence-corrected chi connectivity index (χ3v) is 5.01. The van der Waals surface area contributed by atoms with Crippen molar-refractivity contribution in [1.29, 1.82) is 0 Å². The molecule has 1 aliphatic heterocycles. The van der Waals surface area contributed by atoms with Crippen LogP contribution in [0.4, 0.5) is 4.39 Å². The van der Waals surface area contributed by atoms with Crippen LogP contribution < -0.4 is 5.32 Å². The molecule has 0 radical (unpaired) electrons. The highest BCUT2D eigenvalue weighted by Crippen LogP contribution is 2.27. The zero-order chi connectivity index (χ0) is 20.1. The number of aliphatic carboxylic acids is 1. The molecule has 1 aromatic carbocycles. The molecule has 3 atom stereocenters. The Morgan fingerprint density at radius 1 is 1.48 bits per heavy atom. The molecule has 1 aliphatic rings. The molecule has 2 rings (SSSR count). The molecular weight excluding hydrogens is 379 g/mol. The van der Waals surface area contributed by atoms with E-state index >= 15 is 0 Å². The molecule has 1 fully saturated rings. The molecule has 0 spiro atoms. The average molecular weight is 401 g/mol. The molecule has 2 N–H and O–H groups in total. The van der Waals surface area contributed by atoms with Crippen LogP contribution in [0, 0.1) is 5.82 Å². The zero-order valence-electron chi connectivity index (χ0n) is 15.1. The van der Waals surface area contributed by atoms with Gasteiger partial charge in [0.05, 0.1) is 6.10 Å². The lowest BCUT2D eigenvalue weighted by molar-refractivity contribution is -0.145. The number of hydrogen-bond donors (Lipinski definition) is 2. The molecule has 148 valence electrons. The number of carbonyl (C=O) groups excluding carboxylic acids is 2. The summed E-state index contributed by atoms with van der Waals surface area (Å²) in [6.45, 7) is 1.63. The molecule has 1 heterocycles. The van der Waals surface area contributed by atoms with Crippen molar-refractivity contribution < 1.29 is 28.6 Å². The molecule has 0 saturated carbocycles. The summed E-state index contributed by atoms with van der Waals surface area (Å²) < 4.78 is 18.4. The van der Waals surface area contributed by atoms with E-state index in [9.17, 15) is 23.9 Å². The van der Waals surface area contributed by atoms with Gasteiger partial charge in [-0.25, -0.2) is 9.18 Å². The molecule has 27 heavy (non-hydrogen) atoms. The molecule has 1 saturated heterocycles. The Kier molecular flexibility index (Phi) is 7.15. The zero-order valence-corrected chi connectivity index (χ0v) is 15.8. The molecule has 9 heteroatoms. The smallest absolute Gasteiger partial charge is 0.328 e. The van der Waals surface area contributed by atoms with E-state index in [2.05, 4.69) is 5.32 Å². The Balaban J connectivity index is 2.06. The van der Waals surface area contributed by atoms with Gasteiger partial charge < -0.3 is 20.1 Å². The number of ether oxygens (including phenoxy) is 1. The number of halogens is 2. The fourth-order valence-corrected chi connectivity index (χ4v) is 3.21. The van der Waals surface area contributed by atoms with Gasteiger partial charge in [-0.1, -0.05) is 11.6 Å². The Hall–Kier alpha value is -2.19. The lowest BCUT2D eigenvalue weighted by Gasteiger charge is -2.26. The van der Waals surface area contributed by atoms with Crippen LogP contribution in [-0.2, 0) is 25.7 Å². The first-order chi connectivity index (χ1) is 12.7. The van der Waals surface area contributed by atoms with Gasteiger partial charge in [-0.05, 0) is 37.1 Å². The van der Waals surface area contributed by atoms with Gasteiger partial charge in [-0.15, -0.1) is 0 Å². The highest BCUT2D eigenvalue weighted by molar-refractivity contribution is 6.31. The maximum Gasteiger partial charge on any atom is 0.328 e. The number of nitrogens with one attached hydrogen (secondary N) is 1. The van der Waals surface area contributed by atoms with Crippen LogP contribution in [-0.4, -0.2) is 53.1 Å². The van der Waals surface area contributed by atoms with Crippen LogP contribution in [0.5, 0.6) is 0 Å². The van der Waals surface area contributed by atoms with Gasteiger partial charge >= 0.3 is 5.97 Å². The molecular formula is C18H22ClFN2O5. The summed E-state index contributed by atoms with van der Waals surface area (Å²) in [5.41, 5.74) is 0.453. The Labute approximate surface area is 161 Å². The number of nitrogens with zero attached hydrogens (tertiary/aromatic N) is 1. The van der Waals surface area contributed by atoms with Crippen LogP contribution in [0.2, 0.25) is 5.02 Å². The van der Waals surface area contributed by atoms with E-state index in [-0.39, 0.29) is 25.3 Å². The van der Waals surface area contributed by atoms with E-state index in [1.807, 2.05) is 0 Å². The van der Waals surface area contributed by atoms with Crippen LogP contribution in [0.15, 0.2) is 18.2 Å². The van der Waals surface area contributed by atoms with E-state index in [0.29, 0.717) is 17.0 Å². The van der Waals surface area contributed by atoms with Gasteiger partial charge in [0, 0.05) is 37.6 Å². The predicted octanol–water partition coefficient (Wildman–Crippen LogP) is 1.96. The number of methoxy groups -OCH3 is 1. The van der Waals surface area contributed by atoms with E-state index in [4.69, 9.17) is 16.3 Å². The number of carboxylic acid groups (broad SMARTS) is 1. The molecule has 7 nitrogen and oxygen atoms in total. The van der Waals surface area contributed by atoms with Crippen molar-refractivity contribution in [1.82, 2.24) is 10.2 Å². The van der Waals surface area contributed by atoms with Crippen molar-refractivity contribution in [3.63, 3.8) is 0 Å². The number of rotatable bonds is 8. The maximum atomic E-state index is 13.5. The van der Waals surface area contributed by atoms with Crippen molar-refractivity contribution in [3.8, 4) is 0 Å². The largest absolute Gasteiger partial charge is 0.480 e. The van der Waals surface area contributed by atoms with Crippen LogP contribution in [0.3, 0.4) is 0 Å². The first-order valence-electron chi connectivity index (χ1n) is 8.51. The first kappa shape index (κ1) is 21.1. The van der Waals surface area contributed by atoms with E-state index in [1.165, 1.54) is 37.1 Å². The summed E-state index contributed by atoms with van der Waals surface area (Å²) in [4.78, 5) is 37.3. The lowest BCUT2D eigenvalue weighted by Crippen LogP contribution is -2.49. The number of hydrogen-bond acceptors (Lipinski definition) is 4. The topological polar surface area (TPSA) is 95.9 Å². The van der Waals surface area contributed by atoms with Crippen molar-refractivity contribution >= 4 is 29.4 Å². The fourth-order valence-electron chi connectivity index (χ4n) is 3.03. The Morgan fingerprint density at radius 3 is 2.81 bits per heavy atom. The highest BCUT2D eigenvalue weighted by Gasteiger charge is 2.34. The lowest BCUT2D eigenvalue weighted by atomic mass is 10.1. The summed E-state index contributed by atoms with van der Waals surface area (Å²) in [5, 5.41) is 12.0. The number of carboxylic acids is 1. The summed E-state index contributed by atoms with van der Waals surface area (Å²) in [6, 6.07) is 2.30. The van der Waals surface area contributed by atoms with E-state index in [1.54, 1.807) is 0 Å². The summed E-state index contributed by atoms with van der Waals surface area (Å²) in [7, 11) is 1.35. The minimum absolute atomic E-state index is 0.0567. The third kappa shape index (κ3) is 5.40. The molecule has 0 aromatic heterocycles. The quantitative estimate of drug-likeness (QED) is 0.695. The number of benzene rings is 1. The van der Waals surface area contributed by atoms with E-state index in [0.717, 1.165) is 0 Å². The number of amides is 2. The third-order valence-electron chi connectivity index (χ3n) is 4.65.